The van der Waals surface area contributed by atoms with Gasteiger partial charge in [0.05, 0.1) is 7.11 Å². The lowest BCUT2D eigenvalue weighted by Gasteiger charge is -2.11. The second-order valence-electron chi connectivity index (χ2n) is 6.01. The number of nitrogens with one attached hydrogen (secondary N) is 2. The summed E-state index contributed by atoms with van der Waals surface area (Å²) in [4.78, 5) is 16.8. The molecule has 2 aromatic carbocycles. The molecule has 0 fully saturated rings. The number of aryl methyl sites for hydroxylation is 1. The lowest BCUT2D eigenvalue weighted by Crippen LogP contribution is -2.13. The number of pyridine rings is 1. The summed E-state index contributed by atoms with van der Waals surface area (Å²) in [6.45, 7) is 2.45. The van der Waals surface area contributed by atoms with Crippen LogP contribution in [0.15, 0.2) is 60.8 Å². The zero-order valence-electron chi connectivity index (χ0n) is 15.1. The van der Waals surface area contributed by atoms with Crippen molar-refractivity contribution in [1.29, 1.82) is 0 Å². The van der Waals surface area contributed by atoms with Crippen molar-refractivity contribution in [3.63, 3.8) is 0 Å². The molecule has 0 bridgehead atoms. The van der Waals surface area contributed by atoms with Crippen LogP contribution < -0.4 is 15.4 Å². The van der Waals surface area contributed by atoms with E-state index in [2.05, 4.69) is 15.6 Å². The molecule has 6 heteroatoms. The van der Waals surface area contributed by atoms with Crippen LogP contribution in [0.4, 0.5) is 11.5 Å². The van der Waals surface area contributed by atoms with Crippen LogP contribution in [-0.4, -0.2) is 18.0 Å². The number of hydrogen-bond acceptors (Lipinski definition) is 4. The molecule has 0 unspecified atom stereocenters. The van der Waals surface area contributed by atoms with Gasteiger partial charge in [0, 0.05) is 34.6 Å². The van der Waals surface area contributed by atoms with Gasteiger partial charge < -0.3 is 15.4 Å². The molecule has 1 aromatic heterocycles. The highest BCUT2D eigenvalue weighted by atomic mass is 35.5. The Bertz CT molecular complexity index is 960. The van der Waals surface area contributed by atoms with Gasteiger partial charge in [-0.15, -0.1) is 0 Å². The van der Waals surface area contributed by atoms with Gasteiger partial charge in [-0.3, -0.25) is 4.79 Å². The van der Waals surface area contributed by atoms with E-state index in [4.69, 9.17) is 16.3 Å². The summed E-state index contributed by atoms with van der Waals surface area (Å²) in [5, 5.41) is 6.68. The molecule has 0 spiro atoms. The van der Waals surface area contributed by atoms with Gasteiger partial charge in [-0.2, -0.15) is 0 Å². The van der Waals surface area contributed by atoms with E-state index in [0.29, 0.717) is 28.6 Å². The normalized spacial score (nSPS) is 10.3. The van der Waals surface area contributed by atoms with Gasteiger partial charge in [-0.1, -0.05) is 35.9 Å². The summed E-state index contributed by atoms with van der Waals surface area (Å²) in [5.41, 5.74) is 3.12. The smallest absolute Gasteiger partial charge is 0.255 e. The minimum atomic E-state index is -0.224. The van der Waals surface area contributed by atoms with E-state index in [1.807, 2.05) is 43.3 Å². The Morgan fingerprint density at radius 3 is 2.74 bits per heavy atom. The Labute approximate surface area is 163 Å². The second-order valence-corrected chi connectivity index (χ2v) is 6.42. The lowest BCUT2D eigenvalue weighted by atomic mass is 10.2. The fourth-order valence-corrected chi connectivity index (χ4v) is 2.76. The van der Waals surface area contributed by atoms with E-state index >= 15 is 0 Å². The number of nitrogens with zero attached hydrogens (tertiary/aromatic N) is 1. The van der Waals surface area contributed by atoms with Crippen LogP contribution >= 0.6 is 11.6 Å². The molecule has 138 valence electrons. The van der Waals surface area contributed by atoms with Crippen LogP contribution in [0.5, 0.6) is 5.75 Å². The average Bonchev–Trinajstić information content (AvgIpc) is 2.69. The van der Waals surface area contributed by atoms with Gasteiger partial charge >= 0.3 is 0 Å². The zero-order valence-corrected chi connectivity index (χ0v) is 15.9. The quantitative estimate of drug-likeness (QED) is 0.636. The van der Waals surface area contributed by atoms with Crippen LogP contribution in [0.1, 0.15) is 21.5 Å². The highest BCUT2D eigenvalue weighted by molar-refractivity contribution is 6.31. The predicted octanol–water partition coefficient (Wildman–Crippen LogP) is 4.92. The number of hydrogen-bond donors (Lipinski definition) is 2. The summed E-state index contributed by atoms with van der Waals surface area (Å²) in [7, 11) is 1.64. The molecule has 0 saturated carbocycles. The first-order valence-corrected chi connectivity index (χ1v) is 8.84. The first kappa shape index (κ1) is 18.7. The molecule has 0 saturated heterocycles. The number of methoxy groups -OCH3 is 1. The van der Waals surface area contributed by atoms with Crippen LogP contribution in [0.3, 0.4) is 0 Å². The van der Waals surface area contributed by atoms with E-state index in [1.165, 1.54) is 0 Å². The maximum absolute atomic E-state index is 12.5. The van der Waals surface area contributed by atoms with Crippen molar-refractivity contribution in [3.05, 3.63) is 82.5 Å². The molecule has 0 aliphatic carbocycles. The standard InChI is InChI=1S/C21H20ClN3O2/c1-14-7-8-17(12-18(14)22)25-21(26)15-9-10-23-20(11-15)24-13-16-5-3-4-6-19(16)27-2/h3-12H,13H2,1-2H3,(H,23,24)(H,25,26). The van der Waals surface area contributed by atoms with Crippen molar-refractivity contribution < 1.29 is 9.53 Å². The van der Waals surface area contributed by atoms with E-state index in [9.17, 15) is 4.79 Å². The van der Waals surface area contributed by atoms with Crippen LogP contribution in [0.2, 0.25) is 5.02 Å². The summed E-state index contributed by atoms with van der Waals surface area (Å²) >= 11 is 6.11. The third-order valence-corrected chi connectivity index (χ3v) is 4.51. The molecule has 3 aromatic rings. The van der Waals surface area contributed by atoms with Gasteiger partial charge in [0.2, 0.25) is 0 Å². The minimum absolute atomic E-state index is 0.224. The Morgan fingerprint density at radius 1 is 1.15 bits per heavy atom. The van der Waals surface area contributed by atoms with Crippen LogP contribution in [-0.2, 0) is 6.54 Å². The SMILES string of the molecule is COc1ccccc1CNc1cc(C(=O)Nc2ccc(C)c(Cl)c2)ccn1. The third kappa shape index (κ3) is 4.77. The van der Waals surface area contributed by atoms with Gasteiger partial charge in [0.15, 0.2) is 0 Å². The number of carbonyl (C=O) groups excluding carboxylic acids is 1. The molecule has 5 nitrogen and oxygen atoms in total. The van der Waals surface area contributed by atoms with Crippen molar-refractivity contribution in [2.24, 2.45) is 0 Å². The fraction of sp³-hybridized carbons (Fsp3) is 0.143. The number of aromatic nitrogens is 1. The first-order valence-electron chi connectivity index (χ1n) is 8.46. The molecular formula is C21H20ClN3O2. The van der Waals surface area contributed by atoms with Crippen molar-refractivity contribution >= 4 is 29.0 Å². The number of ether oxygens (including phenoxy) is 1. The number of para-hydroxylation sites is 1. The minimum Gasteiger partial charge on any atom is -0.496 e. The maximum Gasteiger partial charge on any atom is 0.255 e. The summed E-state index contributed by atoms with van der Waals surface area (Å²) in [5.74, 6) is 1.18. The number of rotatable bonds is 6. The Balaban J connectivity index is 1.69. The molecule has 0 radical (unpaired) electrons. The maximum atomic E-state index is 12.5. The Morgan fingerprint density at radius 2 is 1.96 bits per heavy atom. The van der Waals surface area contributed by atoms with Gasteiger partial charge in [-0.05, 0) is 42.8 Å². The molecule has 1 heterocycles. The lowest BCUT2D eigenvalue weighted by molar-refractivity contribution is 0.102. The van der Waals surface area contributed by atoms with Crippen LogP contribution in [0.25, 0.3) is 0 Å². The Hall–Kier alpha value is -3.05. The largest absolute Gasteiger partial charge is 0.496 e. The number of halogens is 1. The highest BCUT2D eigenvalue weighted by Gasteiger charge is 2.09. The second kappa shape index (κ2) is 8.56. The molecule has 0 atom stereocenters. The summed E-state index contributed by atoms with van der Waals surface area (Å²) < 4.78 is 5.34. The van der Waals surface area contributed by atoms with Gasteiger partial charge in [0.25, 0.3) is 5.91 Å². The molecular weight excluding hydrogens is 362 g/mol. The van der Waals surface area contributed by atoms with E-state index in [0.717, 1.165) is 16.9 Å². The van der Waals surface area contributed by atoms with E-state index < -0.39 is 0 Å². The van der Waals surface area contributed by atoms with Crippen molar-refractivity contribution in [2.75, 3.05) is 17.7 Å². The molecule has 2 N–H and O–H groups in total. The molecule has 27 heavy (non-hydrogen) atoms. The summed E-state index contributed by atoms with van der Waals surface area (Å²) in [6.07, 6.45) is 1.60. The average molecular weight is 382 g/mol. The predicted molar refractivity (Wildman–Crippen MR) is 109 cm³/mol. The number of amides is 1. The van der Waals surface area contributed by atoms with Gasteiger partial charge in [0.1, 0.15) is 11.6 Å². The monoisotopic (exact) mass is 381 g/mol. The van der Waals surface area contributed by atoms with Crippen LogP contribution in [0, 0.1) is 6.92 Å². The highest BCUT2D eigenvalue weighted by Crippen LogP contribution is 2.21. The molecule has 1 amide bonds. The zero-order chi connectivity index (χ0) is 19.2. The van der Waals surface area contributed by atoms with Crippen molar-refractivity contribution in [2.45, 2.75) is 13.5 Å². The molecule has 3 rings (SSSR count). The summed E-state index contributed by atoms with van der Waals surface area (Å²) in [6, 6.07) is 16.5. The van der Waals surface area contributed by atoms with Gasteiger partial charge in [-0.25, -0.2) is 4.98 Å². The van der Waals surface area contributed by atoms with E-state index in [-0.39, 0.29) is 5.91 Å². The number of carbonyl (C=O) groups is 1. The van der Waals surface area contributed by atoms with E-state index in [1.54, 1.807) is 31.5 Å². The fourth-order valence-electron chi connectivity index (χ4n) is 2.58. The topological polar surface area (TPSA) is 63.2 Å². The number of anilines is 2. The Kier molecular flexibility index (Phi) is 5.94. The molecule has 0 aliphatic rings. The first-order chi connectivity index (χ1) is 13.1. The third-order valence-electron chi connectivity index (χ3n) is 4.10. The van der Waals surface area contributed by atoms with Crippen molar-refractivity contribution in [3.8, 4) is 5.75 Å². The molecule has 0 aliphatic heterocycles. The number of benzene rings is 2. The van der Waals surface area contributed by atoms with Crippen molar-refractivity contribution in [1.82, 2.24) is 4.98 Å².